The van der Waals surface area contributed by atoms with Crippen molar-refractivity contribution >= 4 is 44.6 Å². The minimum atomic E-state index is -0.584. The summed E-state index contributed by atoms with van der Waals surface area (Å²) in [5, 5.41) is 2.07. The molecule has 84 heavy (non-hydrogen) atoms. The summed E-state index contributed by atoms with van der Waals surface area (Å²) in [5.41, 5.74) is 12.7. The second-order valence-electron chi connectivity index (χ2n) is 24.1. The van der Waals surface area contributed by atoms with Crippen LogP contribution in [0.4, 0.5) is 22.7 Å². The molecule has 1 aliphatic heterocycles. The molecule has 5 nitrogen and oxygen atoms in total. The topological polar surface area (TPSA) is 33.5 Å². The van der Waals surface area contributed by atoms with Crippen LogP contribution in [-0.4, -0.2) is 9.55 Å². The molecule has 0 amide bonds. The van der Waals surface area contributed by atoms with Gasteiger partial charge in [-0.15, -0.1) is 48.1 Å². The summed E-state index contributed by atoms with van der Waals surface area (Å²) < 4.78 is 83.9. The molecule has 0 N–H and O–H groups in total. The molecule has 0 saturated carbocycles. The monoisotopic (exact) mass is 1280 g/mol. The van der Waals surface area contributed by atoms with Crippen molar-refractivity contribution in [2.75, 3.05) is 9.80 Å². The van der Waals surface area contributed by atoms with Gasteiger partial charge >= 0.3 is 0 Å². The largest absolute Gasteiger partial charge is 0.509 e. The van der Waals surface area contributed by atoms with Crippen molar-refractivity contribution in [2.24, 2.45) is 0 Å². The van der Waals surface area contributed by atoms with E-state index in [4.69, 9.17) is 13.8 Å². The van der Waals surface area contributed by atoms with Gasteiger partial charge in [0, 0.05) is 78.0 Å². The van der Waals surface area contributed by atoms with E-state index in [-0.39, 0.29) is 77.7 Å². The van der Waals surface area contributed by atoms with Crippen LogP contribution < -0.4 is 14.5 Å². The molecule has 0 spiro atoms. The van der Waals surface area contributed by atoms with E-state index in [9.17, 15) is 6.85 Å². The van der Waals surface area contributed by atoms with Crippen LogP contribution in [0, 0.1) is 18.8 Å². The van der Waals surface area contributed by atoms with E-state index in [1.165, 1.54) is 16.7 Å². The maximum Gasteiger partial charge on any atom is 0.135 e. The number of para-hydroxylation sites is 4. The Morgan fingerprint density at radius 3 is 1.88 bits per heavy atom. The summed E-state index contributed by atoms with van der Waals surface area (Å²) in [6.07, 6.45) is 4.02. The fraction of sp³-hybridized carbons (Fsp3) is 0.154. The Morgan fingerprint density at radius 1 is 0.524 bits per heavy atom. The van der Waals surface area contributed by atoms with E-state index in [0.29, 0.717) is 34.0 Å². The fourth-order valence-electron chi connectivity index (χ4n) is 12.3. The first-order valence-electron chi connectivity index (χ1n) is 32.4. The van der Waals surface area contributed by atoms with Crippen molar-refractivity contribution in [3.8, 4) is 73.0 Å². The van der Waals surface area contributed by atoms with Gasteiger partial charge in [0.05, 0.1) is 11.0 Å². The van der Waals surface area contributed by atoms with Crippen LogP contribution in [0.15, 0.2) is 237 Å². The van der Waals surface area contributed by atoms with E-state index >= 15 is 0 Å². The van der Waals surface area contributed by atoms with Gasteiger partial charge in [0.15, 0.2) is 0 Å². The predicted molar refractivity (Wildman–Crippen MR) is 345 cm³/mol. The van der Waals surface area contributed by atoms with Gasteiger partial charge in [-0.3, -0.25) is 0 Å². The summed E-state index contributed by atoms with van der Waals surface area (Å²) in [4.78, 5) is 9.28. The van der Waals surface area contributed by atoms with E-state index in [0.717, 1.165) is 74.1 Å². The minimum Gasteiger partial charge on any atom is -0.509 e. The number of rotatable bonds is 10. The first-order chi connectivity index (χ1) is 43.6. The fourth-order valence-corrected chi connectivity index (χ4v) is 12.3. The second kappa shape index (κ2) is 21.5. The van der Waals surface area contributed by atoms with Crippen LogP contribution in [0.5, 0.6) is 11.5 Å². The van der Waals surface area contributed by atoms with Crippen LogP contribution in [0.2, 0.25) is 0 Å². The van der Waals surface area contributed by atoms with Gasteiger partial charge in [0.2, 0.25) is 0 Å². The number of hydrogen-bond donors (Lipinski definition) is 0. The Kier molecular flexibility index (Phi) is 11.7. The zero-order valence-corrected chi connectivity index (χ0v) is 50.2. The second-order valence-corrected chi connectivity index (χ2v) is 24.1. The maximum atomic E-state index is 10.3. The average molecular weight is 1280 g/mol. The first-order valence-corrected chi connectivity index (χ1v) is 28.4. The van der Waals surface area contributed by atoms with E-state index in [1.807, 2.05) is 115 Å². The normalized spacial score (nSPS) is 15.6. The SMILES string of the molecule is [2H]c1c([2H])c([2H])c(-c2c([2H])c(-c3ccccc3)c([2H])c(-c3cccc(-c4ccc5c(c4)C(C)(C)CCC5(C)C)c3N3[CH-]N(c4[c-]c(Oc5[c-]c6c(cc5)c5ccccc5n6-c5cc(C(C)(C)C)c(-c6ccccc6)cn5)ccc4)c4ccccc43)c2[2H])c([2H])c1[2H].[Pt]. The van der Waals surface area contributed by atoms with E-state index in [1.54, 1.807) is 12.1 Å². The molecule has 1 aliphatic carbocycles. The third-order valence-corrected chi connectivity index (χ3v) is 16.7. The van der Waals surface area contributed by atoms with Crippen LogP contribution in [0.25, 0.3) is 83.3 Å². The Bertz CT molecular complexity index is 4910. The molecule has 10 aromatic carbocycles. The number of fused-ring (bicyclic) bond motifs is 5. The van der Waals surface area contributed by atoms with Crippen molar-refractivity contribution in [1.82, 2.24) is 9.55 Å². The molecule has 12 aromatic rings. The molecule has 6 heteroatoms. The molecule has 0 atom stereocenters. The zero-order valence-electron chi connectivity index (χ0n) is 55.9. The van der Waals surface area contributed by atoms with Gasteiger partial charge in [0.1, 0.15) is 5.82 Å². The number of ether oxygens (including phenoxy) is 1. The van der Waals surface area contributed by atoms with Crippen LogP contribution in [0.3, 0.4) is 0 Å². The number of pyridine rings is 1. The van der Waals surface area contributed by atoms with E-state index in [2.05, 4.69) is 143 Å². The van der Waals surface area contributed by atoms with Crippen molar-refractivity contribution in [1.29, 1.82) is 0 Å². The molecule has 2 aliphatic rings. The van der Waals surface area contributed by atoms with Crippen molar-refractivity contribution < 1.29 is 36.8 Å². The molecular weight excluding hydrogens is 1200 g/mol. The number of hydrogen-bond acceptors (Lipinski definition) is 4. The molecule has 2 aromatic heterocycles. The van der Waals surface area contributed by atoms with Gasteiger partial charge < -0.3 is 19.1 Å². The molecule has 3 heterocycles. The molecular formula is C78H65N4OPt-3. The first kappa shape index (κ1) is 45.7. The predicted octanol–water partition coefficient (Wildman–Crippen LogP) is 21.0. The quantitative estimate of drug-likeness (QED) is 0.128. The number of nitrogens with zero attached hydrogens (tertiary/aromatic N) is 4. The number of anilines is 4. The number of aromatic nitrogens is 2. The molecule has 0 bridgehead atoms. The van der Waals surface area contributed by atoms with Gasteiger partial charge in [-0.05, 0) is 133 Å². The van der Waals surface area contributed by atoms with Gasteiger partial charge in [-0.2, -0.15) is 12.1 Å². The van der Waals surface area contributed by atoms with Crippen LogP contribution >= 0.6 is 0 Å². The summed E-state index contributed by atoms with van der Waals surface area (Å²) in [7, 11) is 0. The Labute approximate surface area is 520 Å². The minimum absolute atomic E-state index is 0. The molecule has 0 radical (unpaired) electrons. The standard InChI is InChI=1S/C78H65N4O.Pt/c1-76(2,3)68-49-74(79-50-66(68)54-27-15-10-16-28-54)82-70-34-18-17-31-64(70)65-39-38-61(48-73(65)82)83-60-30-21-29-59(47-60)80-51-81(72-36-20-19-35-71(72)80)75-62(55-37-40-67-69(46-55)78(6,7)42-41-77(67,4)5)32-22-33-63(75)58-44-56(52-23-11-8-12-24-52)43-57(45-58)53-25-13-9-14-26-53;/h8-40,43-46,49-51H,41-42H2,1-7H3;/q-3;/i8D,11D,12D,23D,24D,43D,44D,45D;. The Morgan fingerprint density at radius 2 is 1.14 bits per heavy atom. The third kappa shape index (κ3) is 9.82. The summed E-state index contributed by atoms with van der Waals surface area (Å²) in [6, 6.07) is 64.1. The van der Waals surface area contributed by atoms with Gasteiger partial charge in [0.25, 0.3) is 0 Å². The number of benzene rings is 10. The van der Waals surface area contributed by atoms with Crippen molar-refractivity contribution in [3.05, 3.63) is 272 Å². The Hall–Kier alpha value is -8.76. The smallest absolute Gasteiger partial charge is 0.135 e. The zero-order chi connectivity index (χ0) is 63.6. The molecule has 14 rings (SSSR count). The van der Waals surface area contributed by atoms with Crippen LogP contribution in [0.1, 0.15) is 89.0 Å². The summed E-state index contributed by atoms with van der Waals surface area (Å²) >= 11 is 0. The molecule has 0 unspecified atom stereocenters. The van der Waals surface area contributed by atoms with Crippen molar-refractivity contribution in [2.45, 2.75) is 77.6 Å². The van der Waals surface area contributed by atoms with Crippen LogP contribution in [-0.2, 0) is 37.3 Å². The summed E-state index contributed by atoms with van der Waals surface area (Å²) in [6.45, 7) is 17.9. The average Bonchev–Trinajstić information content (AvgIpc) is 1.45. The molecule has 416 valence electrons. The molecule has 0 fully saturated rings. The third-order valence-electron chi connectivity index (χ3n) is 16.7. The Balaban J connectivity index is 0.00000773. The molecule has 0 saturated heterocycles. The van der Waals surface area contributed by atoms with Gasteiger partial charge in [-0.1, -0.05) is 212 Å². The maximum absolute atomic E-state index is 10.3. The van der Waals surface area contributed by atoms with Gasteiger partial charge in [-0.25, -0.2) is 4.98 Å². The summed E-state index contributed by atoms with van der Waals surface area (Å²) in [5.74, 6) is 1.70. The van der Waals surface area contributed by atoms with E-state index < -0.39 is 30.2 Å². The van der Waals surface area contributed by atoms with Crippen molar-refractivity contribution in [3.63, 3.8) is 0 Å².